The molecular formula is C33H38O8. The van der Waals surface area contributed by atoms with E-state index in [0.717, 1.165) is 11.1 Å². The number of Topliss-reactive ketones (excluding diaryl/α,β-unsaturated/α-hetero) is 3. The van der Waals surface area contributed by atoms with Gasteiger partial charge in [0.25, 0.3) is 0 Å². The van der Waals surface area contributed by atoms with Crippen LogP contribution < -0.4 is 0 Å². The largest absolute Gasteiger partial charge is 0.506 e. The maximum absolute atomic E-state index is 14.6. The molecular weight excluding hydrogens is 524 g/mol. The maximum Gasteiger partial charge on any atom is 0.333 e. The molecule has 1 N–H and O–H groups in total. The van der Waals surface area contributed by atoms with Crippen molar-refractivity contribution < 1.29 is 38.6 Å². The summed E-state index contributed by atoms with van der Waals surface area (Å²) >= 11 is 0. The summed E-state index contributed by atoms with van der Waals surface area (Å²) < 4.78 is 10.0. The van der Waals surface area contributed by atoms with Crippen molar-refractivity contribution in [1.82, 2.24) is 0 Å². The number of aliphatic hydroxyl groups excluding tert-OH is 1. The molecule has 0 aromatic heterocycles. The van der Waals surface area contributed by atoms with Gasteiger partial charge in [0.1, 0.15) is 11.3 Å². The van der Waals surface area contributed by atoms with Crippen LogP contribution in [0, 0.1) is 16.2 Å². The first-order valence-electron chi connectivity index (χ1n) is 13.5. The summed E-state index contributed by atoms with van der Waals surface area (Å²) in [5.41, 5.74) is -4.02. The third kappa shape index (κ3) is 5.47. The summed E-state index contributed by atoms with van der Waals surface area (Å²) in [7, 11) is 2.36. The summed E-state index contributed by atoms with van der Waals surface area (Å²) in [6, 6.07) is 8.19. The number of esters is 2. The fraction of sp³-hybridized carbons (Fsp3) is 0.424. The number of hydrogen-bond donors (Lipinski definition) is 1. The molecule has 41 heavy (non-hydrogen) atoms. The number of ether oxygens (including phenoxy) is 2. The molecule has 1 aromatic carbocycles. The van der Waals surface area contributed by atoms with Crippen molar-refractivity contribution in [2.75, 3.05) is 14.2 Å². The number of fused-ring (bicyclic) bond motifs is 2. The quantitative estimate of drug-likeness (QED) is 0.105. The molecule has 2 bridgehead atoms. The number of methoxy groups -OCH3 is 2. The van der Waals surface area contributed by atoms with Gasteiger partial charge in [-0.1, -0.05) is 60.2 Å². The zero-order valence-electron chi connectivity index (χ0n) is 24.6. The number of hydrogen-bond acceptors (Lipinski definition) is 8. The van der Waals surface area contributed by atoms with E-state index in [4.69, 9.17) is 9.47 Å². The highest BCUT2D eigenvalue weighted by molar-refractivity contribution is 6.41. The lowest BCUT2D eigenvalue weighted by Crippen LogP contribution is -2.66. The van der Waals surface area contributed by atoms with E-state index in [1.54, 1.807) is 42.5 Å². The number of rotatable bonds is 9. The molecule has 3 rings (SSSR count). The average molecular weight is 563 g/mol. The van der Waals surface area contributed by atoms with Crippen LogP contribution in [0.2, 0.25) is 0 Å². The predicted molar refractivity (Wildman–Crippen MR) is 153 cm³/mol. The lowest BCUT2D eigenvalue weighted by atomic mass is 9.43. The molecule has 0 heterocycles. The van der Waals surface area contributed by atoms with Crippen molar-refractivity contribution in [2.24, 2.45) is 16.2 Å². The molecule has 1 aromatic rings. The highest BCUT2D eigenvalue weighted by Crippen LogP contribution is 2.63. The minimum Gasteiger partial charge on any atom is -0.506 e. The van der Waals surface area contributed by atoms with E-state index >= 15 is 0 Å². The van der Waals surface area contributed by atoms with E-state index in [1.165, 1.54) is 14.2 Å². The van der Waals surface area contributed by atoms with E-state index in [1.807, 2.05) is 27.7 Å². The van der Waals surface area contributed by atoms with Gasteiger partial charge in [0.2, 0.25) is 0 Å². The lowest BCUT2D eigenvalue weighted by Gasteiger charge is -2.55. The third-order valence-electron chi connectivity index (χ3n) is 8.12. The van der Waals surface area contributed by atoms with Gasteiger partial charge in [-0.05, 0) is 59.8 Å². The molecule has 8 nitrogen and oxygen atoms in total. The van der Waals surface area contributed by atoms with E-state index in [0.29, 0.717) is 0 Å². The van der Waals surface area contributed by atoms with Gasteiger partial charge in [-0.15, -0.1) is 0 Å². The molecule has 0 radical (unpaired) electrons. The van der Waals surface area contributed by atoms with Gasteiger partial charge in [-0.2, -0.15) is 0 Å². The molecule has 3 atom stereocenters. The molecule has 2 saturated carbocycles. The smallest absolute Gasteiger partial charge is 0.333 e. The van der Waals surface area contributed by atoms with Crippen LogP contribution in [0.25, 0.3) is 5.76 Å². The second kappa shape index (κ2) is 11.8. The Kier molecular flexibility index (Phi) is 9.06. The van der Waals surface area contributed by atoms with Gasteiger partial charge in [-0.3, -0.25) is 19.2 Å². The molecule has 2 fully saturated rings. The van der Waals surface area contributed by atoms with Crippen molar-refractivity contribution in [1.29, 1.82) is 0 Å². The Bertz CT molecular complexity index is 1330. The van der Waals surface area contributed by atoms with Crippen molar-refractivity contribution in [2.45, 2.75) is 59.8 Å². The van der Waals surface area contributed by atoms with Crippen LogP contribution in [0.4, 0.5) is 0 Å². The van der Waals surface area contributed by atoms with E-state index in [9.17, 15) is 29.1 Å². The number of carbonyl (C=O) groups is 5. The van der Waals surface area contributed by atoms with Crippen molar-refractivity contribution in [3.63, 3.8) is 0 Å². The zero-order valence-corrected chi connectivity index (χ0v) is 24.6. The summed E-state index contributed by atoms with van der Waals surface area (Å²) in [5.74, 6) is -4.33. The molecule has 0 aliphatic heterocycles. The fourth-order valence-corrected chi connectivity index (χ4v) is 6.20. The zero-order chi connectivity index (χ0) is 30.8. The highest BCUT2D eigenvalue weighted by atomic mass is 16.5. The van der Waals surface area contributed by atoms with E-state index in [-0.39, 0.29) is 43.2 Å². The summed E-state index contributed by atoms with van der Waals surface area (Å²) in [6.07, 6.45) is 2.28. The predicted octanol–water partition coefficient (Wildman–Crippen LogP) is 5.43. The number of aliphatic hydroxyl groups is 1. The summed E-state index contributed by atoms with van der Waals surface area (Å²) in [5, 5.41) is 11.4. The first-order valence-corrected chi connectivity index (χ1v) is 13.5. The molecule has 218 valence electrons. The van der Waals surface area contributed by atoms with Gasteiger partial charge < -0.3 is 14.6 Å². The lowest BCUT2D eigenvalue weighted by molar-refractivity contribution is -0.175. The minimum absolute atomic E-state index is 0.0529. The van der Waals surface area contributed by atoms with Crippen LogP contribution >= 0.6 is 0 Å². The third-order valence-corrected chi connectivity index (χ3v) is 8.12. The molecule has 2 aliphatic carbocycles. The van der Waals surface area contributed by atoms with Gasteiger partial charge in [0.15, 0.2) is 17.3 Å². The Morgan fingerprint density at radius 2 is 1.37 bits per heavy atom. The molecule has 0 saturated heterocycles. The van der Waals surface area contributed by atoms with E-state index in [2.05, 4.69) is 6.58 Å². The highest BCUT2D eigenvalue weighted by Gasteiger charge is 2.72. The van der Waals surface area contributed by atoms with Crippen molar-refractivity contribution in [3.05, 3.63) is 76.9 Å². The Labute approximate surface area is 240 Å². The second-order valence-electron chi connectivity index (χ2n) is 11.6. The van der Waals surface area contributed by atoms with Crippen LogP contribution in [0.15, 0.2) is 71.4 Å². The second-order valence-corrected chi connectivity index (χ2v) is 11.6. The first-order chi connectivity index (χ1) is 19.2. The SMILES string of the molecule is C=C(CC1(C(=O)OC)C[C@@]2(CC=C(C)C)C(=O)C(=C(O)c3ccccc3)C(=O)[C@@](CC=C(C)C)(C1)C2=O)C(=O)OC. The van der Waals surface area contributed by atoms with Gasteiger partial charge in [0, 0.05) is 11.1 Å². The monoisotopic (exact) mass is 562 g/mol. The standard InChI is InChI=1S/C33H38O8/c1-20(2)13-15-32-18-31(30(39)41-7,17-22(5)28(37)40-6)19-33(29(32)38,16-14-21(3)4)27(36)24(26(32)35)25(34)23-11-9-8-10-12-23/h8-14,34H,5,15-19H2,1-4,6-7H3/t31?,32-,33+. The Morgan fingerprint density at radius 1 is 0.878 bits per heavy atom. The number of allylic oxidation sites excluding steroid dienone is 5. The Hall–Kier alpha value is -4.07. The normalized spacial score (nSPS) is 26.5. The first kappa shape index (κ1) is 31.5. The van der Waals surface area contributed by atoms with E-state index < -0.39 is 56.9 Å². The topological polar surface area (TPSA) is 124 Å². The van der Waals surface area contributed by atoms with Crippen LogP contribution in [0.5, 0.6) is 0 Å². The number of ketones is 3. The molecule has 0 spiro atoms. The number of benzene rings is 1. The van der Waals surface area contributed by atoms with Crippen molar-refractivity contribution in [3.8, 4) is 0 Å². The summed E-state index contributed by atoms with van der Waals surface area (Å²) in [4.78, 5) is 69.7. The van der Waals surface area contributed by atoms with Crippen molar-refractivity contribution >= 4 is 35.0 Å². The van der Waals surface area contributed by atoms with Crippen LogP contribution in [-0.4, -0.2) is 48.6 Å². The molecule has 1 unspecified atom stereocenters. The van der Waals surface area contributed by atoms with Gasteiger partial charge >= 0.3 is 11.9 Å². The number of carbonyl (C=O) groups excluding carboxylic acids is 5. The summed E-state index contributed by atoms with van der Waals surface area (Å²) in [6.45, 7) is 11.0. The Balaban J connectivity index is 2.45. The molecule has 2 aliphatic rings. The fourth-order valence-electron chi connectivity index (χ4n) is 6.20. The molecule has 8 heteroatoms. The maximum atomic E-state index is 14.6. The van der Waals surface area contributed by atoms with Gasteiger partial charge in [-0.25, -0.2) is 4.79 Å². The van der Waals surface area contributed by atoms with Gasteiger partial charge in [0.05, 0.1) is 30.5 Å². The van der Waals surface area contributed by atoms with Crippen LogP contribution in [-0.2, 0) is 33.4 Å². The Morgan fingerprint density at radius 3 is 1.78 bits per heavy atom. The van der Waals surface area contributed by atoms with Crippen LogP contribution in [0.3, 0.4) is 0 Å². The minimum atomic E-state index is -1.89. The average Bonchev–Trinajstić information content (AvgIpc) is 2.95. The van der Waals surface area contributed by atoms with Crippen LogP contribution in [0.1, 0.15) is 65.4 Å². The molecule has 0 amide bonds.